The number of nitrogens with one attached hydrogen (secondary N) is 1. The number of benzene rings is 1. The molecule has 0 atom stereocenters. The van der Waals surface area contributed by atoms with E-state index < -0.39 is 17.5 Å². The van der Waals surface area contributed by atoms with Gasteiger partial charge in [0.25, 0.3) is 5.91 Å². The minimum atomic E-state index is -0.777. The Morgan fingerprint density at radius 1 is 1.19 bits per heavy atom. The van der Waals surface area contributed by atoms with Gasteiger partial charge in [0.15, 0.2) is 0 Å². The van der Waals surface area contributed by atoms with Crippen LogP contribution in [-0.2, 0) is 0 Å². The molecule has 1 amide bonds. The van der Waals surface area contributed by atoms with Crippen LogP contribution in [0.2, 0.25) is 0 Å². The summed E-state index contributed by atoms with van der Waals surface area (Å²) >= 11 is 0. The van der Waals surface area contributed by atoms with E-state index in [1.807, 2.05) is 0 Å². The lowest BCUT2D eigenvalue weighted by Gasteiger charge is -2.04. The van der Waals surface area contributed by atoms with Gasteiger partial charge in [0, 0.05) is 24.8 Å². The van der Waals surface area contributed by atoms with Crippen molar-refractivity contribution in [3.8, 4) is 0 Å². The van der Waals surface area contributed by atoms with E-state index >= 15 is 0 Å². The second-order valence-corrected chi connectivity index (χ2v) is 3.34. The lowest BCUT2D eigenvalue weighted by molar-refractivity contribution is 0.0951. The van der Waals surface area contributed by atoms with Crippen LogP contribution < -0.4 is 5.32 Å². The molecular weight excluding hydrogens is 216 g/mol. The lowest BCUT2D eigenvalue weighted by Crippen LogP contribution is -2.24. The number of unbranched alkanes of at least 4 members (excludes halogenated alkanes) is 1. The zero-order valence-corrected chi connectivity index (χ0v) is 8.67. The molecule has 3 nitrogen and oxygen atoms in total. The highest BCUT2D eigenvalue weighted by Crippen LogP contribution is 2.07. The zero-order valence-electron chi connectivity index (χ0n) is 8.67. The number of carbonyl (C=O) groups excluding carboxylic acids is 1. The van der Waals surface area contributed by atoms with Crippen molar-refractivity contribution < 1.29 is 18.7 Å². The number of carbonyl (C=O) groups is 1. The Kier molecular flexibility index (Phi) is 4.85. The number of aliphatic hydroxyl groups excluding tert-OH is 1. The Morgan fingerprint density at radius 2 is 1.81 bits per heavy atom. The number of amides is 1. The number of hydrogen-bond donors (Lipinski definition) is 2. The molecule has 16 heavy (non-hydrogen) atoms. The molecule has 0 saturated heterocycles. The zero-order chi connectivity index (χ0) is 12.0. The third kappa shape index (κ3) is 3.94. The van der Waals surface area contributed by atoms with Crippen molar-refractivity contribution in [2.45, 2.75) is 12.8 Å². The summed E-state index contributed by atoms with van der Waals surface area (Å²) in [6.45, 7) is 0.433. The fraction of sp³-hybridized carbons (Fsp3) is 0.364. The summed E-state index contributed by atoms with van der Waals surface area (Å²) in [6, 6.07) is 2.66. The summed E-state index contributed by atoms with van der Waals surface area (Å²) in [5, 5.41) is 11.0. The van der Waals surface area contributed by atoms with Gasteiger partial charge in [-0.05, 0) is 25.0 Å². The second kappa shape index (κ2) is 6.17. The maximum absolute atomic E-state index is 12.8. The van der Waals surface area contributed by atoms with Crippen molar-refractivity contribution in [3.63, 3.8) is 0 Å². The second-order valence-electron chi connectivity index (χ2n) is 3.34. The van der Waals surface area contributed by atoms with Crippen molar-refractivity contribution in [3.05, 3.63) is 35.4 Å². The van der Waals surface area contributed by atoms with Gasteiger partial charge in [-0.25, -0.2) is 8.78 Å². The summed E-state index contributed by atoms with van der Waals surface area (Å²) in [7, 11) is 0. The predicted molar refractivity (Wildman–Crippen MR) is 55.0 cm³/mol. The molecule has 0 aliphatic carbocycles. The third-order valence-corrected chi connectivity index (χ3v) is 2.00. The van der Waals surface area contributed by atoms with Crippen molar-refractivity contribution in [1.29, 1.82) is 0 Å². The summed E-state index contributed by atoms with van der Waals surface area (Å²) in [5.74, 6) is -2.07. The SMILES string of the molecule is O=C(NCCCCO)c1cc(F)cc(F)c1. The van der Waals surface area contributed by atoms with Gasteiger partial charge in [0.2, 0.25) is 0 Å². The molecule has 1 aromatic carbocycles. The van der Waals surface area contributed by atoms with Crippen LogP contribution in [0.1, 0.15) is 23.2 Å². The molecule has 0 radical (unpaired) electrons. The van der Waals surface area contributed by atoms with E-state index in [4.69, 9.17) is 5.11 Å². The van der Waals surface area contributed by atoms with Crippen LogP contribution in [0.25, 0.3) is 0 Å². The first-order valence-electron chi connectivity index (χ1n) is 4.98. The Morgan fingerprint density at radius 3 is 2.38 bits per heavy atom. The van der Waals surface area contributed by atoms with Crippen molar-refractivity contribution in [2.24, 2.45) is 0 Å². The van der Waals surface area contributed by atoms with Crippen molar-refractivity contribution in [1.82, 2.24) is 5.32 Å². The molecule has 5 heteroatoms. The van der Waals surface area contributed by atoms with Gasteiger partial charge in [0.05, 0.1) is 0 Å². The third-order valence-electron chi connectivity index (χ3n) is 2.00. The lowest BCUT2D eigenvalue weighted by atomic mass is 10.2. The first-order chi connectivity index (χ1) is 7.63. The van der Waals surface area contributed by atoms with Crippen LogP contribution in [0.15, 0.2) is 18.2 Å². The van der Waals surface area contributed by atoms with Crippen LogP contribution >= 0.6 is 0 Å². The van der Waals surface area contributed by atoms with Crippen LogP contribution in [0.3, 0.4) is 0 Å². The standard InChI is InChI=1S/C11H13F2NO2/c12-9-5-8(6-10(13)7-9)11(16)14-3-1-2-4-15/h5-7,15H,1-4H2,(H,14,16). The molecular formula is C11H13F2NO2. The molecule has 0 bridgehead atoms. The quantitative estimate of drug-likeness (QED) is 0.751. The summed E-state index contributed by atoms with van der Waals surface area (Å²) in [4.78, 5) is 11.4. The monoisotopic (exact) mass is 229 g/mol. The highest BCUT2D eigenvalue weighted by Gasteiger charge is 2.08. The van der Waals surface area contributed by atoms with Gasteiger partial charge >= 0.3 is 0 Å². The van der Waals surface area contributed by atoms with E-state index in [-0.39, 0.29) is 12.2 Å². The Hall–Kier alpha value is -1.49. The van der Waals surface area contributed by atoms with Gasteiger partial charge in [0.1, 0.15) is 11.6 Å². The maximum atomic E-state index is 12.8. The van der Waals surface area contributed by atoms with Gasteiger partial charge in [-0.1, -0.05) is 0 Å². The van der Waals surface area contributed by atoms with Gasteiger partial charge in [-0.15, -0.1) is 0 Å². The molecule has 1 aromatic rings. The Balaban J connectivity index is 2.52. The molecule has 0 heterocycles. The molecule has 0 aliphatic heterocycles. The minimum Gasteiger partial charge on any atom is -0.396 e. The van der Waals surface area contributed by atoms with Gasteiger partial charge < -0.3 is 10.4 Å². The molecule has 0 aliphatic rings. The molecule has 0 aromatic heterocycles. The largest absolute Gasteiger partial charge is 0.396 e. The van der Waals surface area contributed by atoms with Gasteiger partial charge in [-0.2, -0.15) is 0 Å². The molecule has 1 rings (SSSR count). The highest BCUT2D eigenvalue weighted by molar-refractivity contribution is 5.94. The van der Waals surface area contributed by atoms with Crippen LogP contribution in [-0.4, -0.2) is 24.2 Å². The molecule has 0 spiro atoms. The maximum Gasteiger partial charge on any atom is 0.251 e. The Bertz CT molecular complexity index is 349. The highest BCUT2D eigenvalue weighted by atomic mass is 19.1. The average Bonchev–Trinajstić information content (AvgIpc) is 2.22. The molecule has 0 unspecified atom stereocenters. The topological polar surface area (TPSA) is 49.3 Å². The number of aliphatic hydroxyl groups is 1. The summed E-state index contributed by atoms with van der Waals surface area (Å²) in [6.07, 6.45) is 1.21. The minimum absolute atomic E-state index is 0.0403. The fourth-order valence-electron chi connectivity index (χ4n) is 1.23. The fourth-order valence-corrected chi connectivity index (χ4v) is 1.23. The van der Waals surface area contributed by atoms with E-state index in [0.717, 1.165) is 12.1 Å². The smallest absolute Gasteiger partial charge is 0.251 e. The first-order valence-corrected chi connectivity index (χ1v) is 4.98. The van der Waals surface area contributed by atoms with Crippen LogP contribution in [0, 0.1) is 11.6 Å². The molecule has 0 fully saturated rings. The molecule has 0 saturated carbocycles. The van der Waals surface area contributed by atoms with Gasteiger partial charge in [-0.3, -0.25) is 4.79 Å². The number of rotatable bonds is 5. The van der Waals surface area contributed by atoms with Crippen molar-refractivity contribution >= 4 is 5.91 Å². The number of halogens is 2. The summed E-state index contributed by atoms with van der Waals surface area (Å²) < 4.78 is 25.6. The van der Waals surface area contributed by atoms with E-state index in [2.05, 4.69) is 5.32 Å². The molecule has 88 valence electrons. The van der Waals surface area contributed by atoms with E-state index in [0.29, 0.717) is 25.5 Å². The van der Waals surface area contributed by atoms with E-state index in [1.54, 1.807) is 0 Å². The summed E-state index contributed by atoms with van der Waals surface area (Å²) in [5.41, 5.74) is -0.0403. The van der Waals surface area contributed by atoms with Crippen molar-refractivity contribution in [2.75, 3.05) is 13.2 Å². The van der Waals surface area contributed by atoms with Crippen LogP contribution in [0.4, 0.5) is 8.78 Å². The van der Waals surface area contributed by atoms with E-state index in [9.17, 15) is 13.6 Å². The normalized spacial score (nSPS) is 10.2. The molecule has 2 N–H and O–H groups in total. The van der Waals surface area contributed by atoms with Crippen LogP contribution in [0.5, 0.6) is 0 Å². The van der Waals surface area contributed by atoms with E-state index in [1.165, 1.54) is 0 Å². The predicted octanol–water partition coefficient (Wildman–Crippen LogP) is 1.47. The average molecular weight is 229 g/mol. The first kappa shape index (κ1) is 12.6. The Labute approximate surface area is 92.1 Å². The number of hydrogen-bond acceptors (Lipinski definition) is 2.